The molecule has 0 aliphatic heterocycles. The number of rotatable bonds is 5. The molecule has 0 nitrogen and oxygen atoms in total. The Hall–Kier alpha value is -1.69. The maximum atomic E-state index is 4.46. The monoisotopic (exact) mass is 410 g/mol. The fourth-order valence-corrected chi connectivity index (χ4v) is 11.4. The molecule has 0 aliphatic carbocycles. The van der Waals surface area contributed by atoms with Gasteiger partial charge in [-0.1, -0.05) is 0 Å². The average Bonchev–Trinajstić information content (AvgIpc) is 2.69. The van der Waals surface area contributed by atoms with E-state index in [9.17, 15) is 0 Å². The van der Waals surface area contributed by atoms with Gasteiger partial charge in [-0.25, -0.2) is 0 Å². The number of benzene rings is 3. The van der Waals surface area contributed by atoms with Crippen molar-refractivity contribution in [2.45, 2.75) is 19.5 Å². The van der Waals surface area contributed by atoms with Crippen LogP contribution in [-0.4, -0.2) is 5.66 Å². The average molecular weight is 411 g/mol. The van der Waals surface area contributed by atoms with E-state index in [-0.39, 0.29) is 0 Å². The Labute approximate surface area is 159 Å². The third-order valence-corrected chi connectivity index (χ3v) is 16.3. The van der Waals surface area contributed by atoms with Crippen molar-refractivity contribution in [1.29, 1.82) is 0 Å². The van der Waals surface area contributed by atoms with Crippen LogP contribution in [0.5, 0.6) is 0 Å². The molecule has 0 amide bonds. The number of hydrogen-bond donors (Lipinski definition) is 0. The van der Waals surface area contributed by atoms with E-state index >= 15 is 0 Å². The van der Waals surface area contributed by atoms with Gasteiger partial charge in [-0.2, -0.15) is 0 Å². The first kappa shape index (κ1) is 18.1. The van der Waals surface area contributed by atoms with E-state index in [1.165, 1.54) is 15.9 Å². The molecule has 0 fully saturated rings. The van der Waals surface area contributed by atoms with Crippen LogP contribution in [0.3, 0.4) is 0 Å². The van der Waals surface area contributed by atoms with Crippen LogP contribution in [0.2, 0.25) is 0 Å². The predicted octanol–water partition coefficient (Wildman–Crippen LogP) is 5.79. The normalized spacial score (nSPS) is 14.8. The second kappa shape index (κ2) is 7.28. The molecule has 2 heteroatoms. The van der Waals surface area contributed by atoms with Crippen molar-refractivity contribution >= 4 is 36.7 Å². The Bertz CT molecular complexity index is 742. The second-order valence-electron chi connectivity index (χ2n) is 6.35. The summed E-state index contributed by atoms with van der Waals surface area (Å²) >= 11 is 4.46. The summed E-state index contributed by atoms with van der Waals surface area (Å²) in [7, 11) is 0. The van der Waals surface area contributed by atoms with Crippen molar-refractivity contribution in [3.8, 4) is 0 Å². The quantitative estimate of drug-likeness (QED) is 0.368. The molecule has 3 aromatic carbocycles. The molecule has 0 spiro atoms. The fraction of sp³-hybridized carbons (Fsp3) is 0.130. The number of halogens is 1. The van der Waals surface area contributed by atoms with E-state index in [0.717, 1.165) is 0 Å². The van der Waals surface area contributed by atoms with Crippen LogP contribution in [0.1, 0.15) is 13.8 Å². The number of allylic oxidation sites excluding steroid dienone is 2. The van der Waals surface area contributed by atoms with Crippen LogP contribution in [-0.2, 0) is 0 Å². The Morgan fingerprint density at radius 2 is 1.00 bits per heavy atom. The fourth-order valence-electron chi connectivity index (χ4n) is 3.75. The van der Waals surface area contributed by atoms with E-state index in [4.69, 9.17) is 0 Å². The van der Waals surface area contributed by atoms with E-state index in [1.54, 1.807) is 0 Å². The minimum atomic E-state index is -2.84. The molecule has 25 heavy (non-hydrogen) atoms. The van der Waals surface area contributed by atoms with Gasteiger partial charge in [-0.3, -0.25) is 0 Å². The summed E-state index contributed by atoms with van der Waals surface area (Å²) in [6.45, 7) is 4.44. The van der Waals surface area contributed by atoms with Crippen LogP contribution < -0.4 is 15.9 Å². The van der Waals surface area contributed by atoms with E-state index in [0.29, 0.717) is 5.66 Å². The zero-order valence-electron chi connectivity index (χ0n) is 14.7. The van der Waals surface area contributed by atoms with Crippen LogP contribution >= 0.6 is 20.8 Å². The van der Waals surface area contributed by atoms with E-state index in [1.807, 2.05) is 0 Å². The predicted molar refractivity (Wildman–Crippen MR) is 118 cm³/mol. The molecule has 128 valence electrons. The standard InChI is InChI=1S/C23H24BrP/c1-3-13-20(2)25(24,21-14-7-4-8-15-21,22-16-9-5-10-17-22)23-18-11-6-12-19-23/h3-20H,1-2H3/b13-3+. The molecule has 1 unspecified atom stereocenters. The topological polar surface area (TPSA) is 0 Å². The van der Waals surface area contributed by atoms with Gasteiger partial charge in [0.2, 0.25) is 0 Å². The van der Waals surface area contributed by atoms with Gasteiger partial charge in [0.15, 0.2) is 0 Å². The van der Waals surface area contributed by atoms with Gasteiger partial charge in [-0.05, 0) is 0 Å². The minimum absolute atomic E-state index is 0.322. The Morgan fingerprint density at radius 3 is 1.28 bits per heavy atom. The molecule has 0 saturated carbocycles. The van der Waals surface area contributed by atoms with Crippen molar-refractivity contribution in [2.24, 2.45) is 0 Å². The SMILES string of the molecule is C/C=C/C(C)P(Br)(c1ccccc1)(c1ccccc1)c1ccccc1. The van der Waals surface area contributed by atoms with Crippen LogP contribution in [0, 0.1) is 0 Å². The zero-order valence-corrected chi connectivity index (χ0v) is 17.2. The summed E-state index contributed by atoms with van der Waals surface area (Å²) < 4.78 is 0. The zero-order chi connectivity index (χ0) is 17.8. The van der Waals surface area contributed by atoms with Gasteiger partial charge in [-0.15, -0.1) is 0 Å². The van der Waals surface area contributed by atoms with Gasteiger partial charge in [0.05, 0.1) is 0 Å². The van der Waals surface area contributed by atoms with Gasteiger partial charge >= 0.3 is 159 Å². The van der Waals surface area contributed by atoms with Crippen LogP contribution in [0.4, 0.5) is 0 Å². The van der Waals surface area contributed by atoms with Crippen molar-refractivity contribution < 1.29 is 0 Å². The van der Waals surface area contributed by atoms with Crippen LogP contribution in [0.15, 0.2) is 103 Å². The summed E-state index contributed by atoms with van der Waals surface area (Å²) in [5.41, 5.74) is 0.322. The molecular formula is C23H24BrP. The van der Waals surface area contributed by atoms with Crippen molar-refractivity contribution in [1.82, 2.24) is 0 Å². The molecule has 0 aliphatic rings. The Kier molecular flexibility index (Phi) is 5.27. The third kappa shape index (κ3) is 2.80. The summed E-state index contributed by atoms with van der Waals surface area (Å²) in [6.07, 6.45) is 4.50. The Balaban J connectivity index is 2.49. The summed E-state index contributed by atoms with van der Waals surface area (Å²) in [5, 5.41) is 1.24. The molecule has 0 radical (unpaired) electrons. The maximum absolute atomic E-state index is 4.46. The van der Waals surface area contributed by atoms with Gasteiger partial charge in [0.25, 0.3) is 0 Å². The second-order valence-corrected chi connectivity index (χ2v) is 15.3. The molecule has 0 heterocycles. The van der Waals surface area contributed by atoms with Crippen molar-refractivity contribution in [3.05, 3.63) is 103 Å². The van der Waals surface area contributed by atoms with E-state index < -0.39 is 5.31 Å². The molecule has 0 bridgehead atoms. The van der Waals surface area contributed by atoms with E-state index in [2.05, 4.69) is 132 Å². The van der Waals surface area contributed by atoms with Gasteiger partial charge in [0, 0.05) is 0 Å². The molecular weight excluding hydrogens is 387 g/mol. The molecule has 0 saturated heterocycles. The molecule has 0 aromatic heterocycles. The van der Waals surface area contributed by atoms with Crippen molar-refractivity contribution in [2.75, 3.05) is 0 Å². The number of hydrogen-bond acceptors (Lipinski definition) is 0. The molecule has 3 aromatic rings. The van der Waals surface area contributed by atoms with Gasteiger partial charge in [0.1, 0.15) is 0 Å². The van der Waals surface area contributed by atoms with Gasteiger partial charge < -0.3 is 0 Å². The van der Waals surface area contributed by atoms with Crippen molar-refractivity contribution in [3.63, 3.8) is 0 Å². The van der Waals surface area contributed by atoms with Crippen LogP contribution in [0.25, 0.3) is 0 Å². The third-order valence-electron chi connectivity index (χ3n) is 5.02. The first-order chi connectivity index (χ1) is 12.1. The Morgan fingerprint density at radius 1 is 0.680 bits per heavy atom. The summed E-state index contributed by atoms with van der Waals surface area (Å²) in [6, 6.07) is 32.8. The molecule has 1 atom stereocenters. The molecule has 0 N–H and O–H groups in total. The summed E-state index contributed by atoms with van der Waals surface area (Å²) in [5.74, 6) is 0. The first-order valence-corrected chi connectivity index (χ1v) is 13.0. The molecule has 3 rings (SSSR count). The summed E-state index contributed by atoms with van der Waals surface area (Å²) in [4.78, 5) is 0. The first-order valence-electron chi connectivity index (χ1n) is 8.65.